The third-order valence-electron chi connectivity index (χ3n) is 5.04. The second-order valence-corrected chi connectivity index (χ2v) is 6.56. The number of nitrogens with zero attached hydrogens (tertiary/aromatic N) is 1. The summed E-state index contributed by atoms with van der Waals surface area (Å²) < 4.78 is 5.04. The fourth-order valence-corrected chi connectivity index (χ4v) is 3.53. The molecule has 2 fully saturated rings. The number of nitrogens with one attached hydrogen (secondary N) is 1. The Hall–Kier alpha value is -0.810. The number of amides is 1. The van der Waals surface area contributed by atoms with Crippen LogP contribution in [0.5, 0.6) is 0 Å². The maximum Gasteiger partial charge on any atom is 0.409 e. The van der Waals surface area contributed by atoms with Gasteiger partial charge in [0.2, 0.25) is 0 Å². The van der Waals surface area contributed by atoms with E-state index in [1.165, 1.54) is 19.3 Å². The lowest BCUT2D eigenvalue weighted by Crippen LogP contribution is -2.48. The summed E-state index contributed by atoms with van der Waals surface area (Å²) in [6, 6.07) is 0.459. The molecular weight excluding hydrogens is 268 g/mol. The molecule has 1 saturated heterocycles. The zero-order valence-corrected chi connectivity index (χ0v) is 13.3. The van der Waals surface area contributed by atoms with Crippen LogP contribution >= 0.6 is 0 Å². The van der Waals surface area contributed by atoms with E-state index in [4.69, 9.17) is 4.74 Å². The van der Waals surface area contributed by atoms with Crippen molar-refractivity contribution in [2.24, 2.45) is 5.41 Å². The minimum absolute atomic E-state index is 0.0938. The third kappa shape index (κ3) is 4.58. The Bertz CT molecular complexity index is 321. The van der Waals surface area contributed by atoms with Crippen LogP contribution in [0.4, 0.5) is 4.79 Å². The van der Waals surface area contributed by atoms with Crippen molar-refractivity contribution in [3.05, 3.63) is 0 Å². The van der Waals surface area contributed by atoms with Crippen molar-refractivity contribution in [1.29, 1.82) is 0 Å². The zero-order chi connectivity index (χ0) is 15.1. The molecule has 122 valence electrons. The van der Waals surface area contributed by atoms with Gasteiger partial charge in [-0.15, -0.1) is 0 Å². The predicted molar refractivity (Wildman–Crippen MR) is 82.2 cm³/mol. The van der Waals surface area contributed by atoms with Crippen molar-refractivity contribution in [3.63, 3.8) is 0 Å². The molecule has 1 amide bonds. The van der Waals surface area contributed by atoms with E-state index >= 15 is 0 Å². The summed E-state index contributed by atoms with van der Waals surface area (Å²) in [4.78, 5) is 13.5. The number of aliphatic hydroxyl groups excluding tert-OH is 1. The van der Waals surface area contributed by atoms with Crippen LogP contribution in [0.2, 0.25) is 0 Å². The summed E-state index contributed by atoms with van der Waals surface area (Å²) in [6.45, 7) is 5.02. The molecule has 1 aliphatic carbocycles. The van der Waals surface area contributed by atoms with E-state index in [0.717, 1.165) is 45.3 Å². The monoisotopic (exact) mass is 298 g/mol. The summed E-state index contributed by atoms with van der Waals surface area (Å²) in [5, 5.41) is 13.4. The molecule has 0 bridgehead atoms. The number of piperidine rings is 1. The number of hydrogen-bond acceptors (Lipinski definition) is 4. The van der Waals surface area contributed by atoms with Crippen LogP contribution in [0.3, 0.4) is 0 Å². The normalized spacial score (nSPS) is 23.0. The van der Waals surface area contributed by atoms with E-state index < -0.39 is 0 Å². The Kier molecular flexibility index (Phi) is 6.30. The van der Waals surface area contributed by atoms with Crippen molar-refractivity contribution in [2.75, 3.05) is 32.8 Å². The standard InChI is InChI=1S/C16H30N2O3/c1-2-21-15(20)18-10-6-14(7-11-18)17-12-16(13-19)8-4-3-5-9-16/h14,17,19H,2-13H2,1H3. The van der Waals surface area contributed by atoms with Gasteiger partial charge >= 0.3 is 6.09 Å². The van der Waals surface area contributed by atoms with Crippen LogP contribution in [0.1, 0.15) is 51.9 Å². The number of carbonyl (C=O) groups excluding carboxylic acids is 1. The van der Waals surface area contributed by atoms with Gasteiger partial charge in [0.15, 0.2) is 0 Å². The Morgan fingerprint density at radius 1 is 1.29 bits per heavy atom. The first-order chi connectivity index (χ1) is 10.2. The van der Waals surface area contributed by atoms with E-state index in [2.05, 4.69) is 5.32 Å². The first-order valence-corrected chi connectivity index (χ1v) is 8.45. The largest absolute Gasteiger partial charge is 0.450 e. The highest BCUT2D eigenvalue weighted by Crippen LogP contribution is 2.35. The zero-order valence-electron chi connectivity index (χ0n) is 13.3. The molecule has 21 heavy (non-hydrogen) atoms. The van der Waals surface area contributed by atoms with Gasteiger partial charge in [-0.05, 0) is 32.6 Å². The molecule has 0 aromatic rings. The Morgan fingerprint density at radius 2 is 1.95 bits per heavy atom. The van der Waals surface area contributed by atoms with Crippen LogP contribution in [0.15, 0.2) is 0 Å². The molecule has 0 aromatic carbocycles. The highest BCUT2D eigenvalue weighted by Gasteiger charge is 2.32. The van der Waals surface area contributed by atoms with Gasteiger partial charge in [-0.25, -0.2) is 4.79 Å². The highest BCUT2D eigenvalue weighted by molar-refractivity contribution is 5.67. The molecule has 0 spiro atoms. The molecule has 0 radical (unpaired) electrons. The first kappa shape index (κ1) is 16.6. The quantitative estimate of drug-likeness (QED) is 0.816. The molecule has 1 heterocycles. The number of aliphatic hydroxyl groups is 1. The van der Waals surface area contributed by atoms with Crippen molar-refractivity contribution in [1.82, 2.24) is 10.2 Å². The van der Waals surface area contributed by atoms with Gasteiger partial charge in [0, 0.05) is 37.7 Å². The summed E-state index contributed by atoms with van der Waals surface area (Å²) in [7, 11) is 0. The van der Waals surface area contributed by atoms with E-state index in [-0.39, 0.29) is 11.5 Å². The van der Waals surface area contributed by atoms with Gasteiger partial charge in [-0.3, -0.25) is 0 Å². The summed E-state index contributed by atoms with van der Waals surface area (Å²) in [5.74, 6) is 0. The molecule has 1 saturated carbocycles. The second-order valence-electron chi connectivity index (χ2n) is 6.56. The van der Waals surface area contributed by atoms with Crippen LogP contribution < -0.4 is 5.32 Å². The fourth-order valence-electron chi connectivity index (χ4n) is 3.53. The lowest BCUT2D eigenvalue weighted by atomic mass is 9.74. The topological polar surface area (TPSA) is 61.8 Å². The van der Waals surface area contributed by atoms with Gasteiger partial charge in [0.25, 0.3) is 0 Å². The maximum absolute atomic E-state index is 11.7. The number of carbonyl (C=O) groups is 1. The molecule has 0 atom stereocenters. The second kappa shape index (κ2) is 7.99. The smallest absolute Gasteiger partial charge is 0.409 e. The number of likely N-dealkylation sites (tertiary alicyclic amines) is 1. The SMILES string of the molecule is CCOC(=O)N1CCC(NCC2(CO)CCCCC2)CC1. The van der Waals surface area contributed by atoms with Crippen molar-refractivity contribution < 1.29 is 14.6 Å². The van der Waals surface area contributed by atoms with Gasteiger partial charge < -0.3 is 20.1 Å². The molecule has 2 N–H and O–H groups in total. The minimum Gasteiger partial charge on any atom is -0.450 e. The molecule has 0 unspecified atom stereocenters. The molecule has 0 aromatic heterocycles. The average Bonchev–Trinajstić information content (AvgIpc) is 2.54. The van der Waals surface area contributed by atoms with Crippen LogP contribution in [-0.4, -0.2) is 55.0 Å². The molecule has 5 nitrogen and oxygen atoms in total. The molecule has 2 aliphatic rings. The lowest BCUT2D eigenvalue weighted by molar-refractivity contribution is 0.0705. The Labute approximate surface area is 128 Å². The molecule has 5 heteroatoms. The summed E-state index contributed by atoms with van der Waals surface area (Å²) in [6.07, 6.45) is 7.82. The molecule has 2 rings (SSSR count). The number of rotatable bonds is 5. The van der Waals surface area contributed by atoms with E-state index in [9.17, 15) is 9.90 Å². The average molecular weight is 298 g/mol. The van der Waals surface area contributed by atoms with Gasteiger partial charge in [-0.1, -0.05) is 19.3 Å². The molecule has 1 aliphatic heterocycles. The van der Waals surface area contributed by atoms with Crippen LogP contribution in [-0.2, 0) is 4.74 Å². The van der Waals surface area contributed by atoms with Crippen molar-refractivity contribution >= 4 is 6.09 Å². The maximum atomic E-state index is 11.7. The third-order valence-corrected chi connectivity index (χ3v) is 5.04. The number of hydrogen-bond donors (Lipinski definition) is 2. The van der Waals surface area contributed by atoms with E-state index in [0.29, 0.717) is 19.3 Å². The van der Waals surface area contributed by atoms with Crippen LogP contribution in [0, 0.1) is 5.41 Å². The summed E-state index contributed by atoms with van der Waals surface area (Å²) >= 11 is 0. The fraction of sp³-hybridized carbons (Fsp3) is 0.938. The van der Waals surface area contributed by atoms with Crippen LogP contribution in [0.25, 0.3) is 0 Å². The highest BCUT2D eigenvalue weighted by atomic mass is 16.6. The number of ether oxygens (including phenoxy) is 1. The minimum atomic E-state index is -0.185. The van der Waals surface area contributed by atoms with E-state index in [1.54, 1.807) is 4.90 Å². The summed E-state index contributed by atoms with van der Waals surface area (Å²) in [5.41, 5.74) is 0.0938. The van der Waals surface area contributed by atoms with E-state index in [1.807, 2.05) is 6.92 Å². The van der Waals surface area contributed by atoms with Crippen molar-refractivity contribution in [3.8, 4) is 0 Å². The Balaban J connectivity index is 1.72. The molecular formula is C16H30N2O3. The first-order valence-electron chi connectivity index (χ1n) is 8.45. The van der Waals surface area contributed by atoms with Crippen molar-refractivity contribution in [2.45, 2.75) is 57.9 Å². The van der Waals surface area contributed by atoms with Gasteiger partial charge in [0.05, 0.1) is 6.61 Å². The Morgan fingerprint density at radius 3 is 2.52 bits per heavy atom. The van der Waals surface area contributed by atoms with Gasteiger partial charge in [0.1, 0.15) is 0 Å². The predicted octanol–water partition coefficient (Wildman–Crippen LogP) is 2.14. The lowest BCUT2D eigenvalue weighted by Gasteiger charge is -2.38. The van der Waals surface area contributed by atoms with Gasteiger partial charge in [-0.2, -0.15) is 0 Å².